The fourth-order valence-electron chi connectivity index (χ4n) is 2.86. The molecular weight excluding hydrogens is 381 g/mol. The molecular formula is C20H18FN3O5. The number of nitrogens with zero attached hydrogens (tertiary/aromatic N) is 2. The summed E-state index contributed by atoms with van der Waals surface area (Å²) in [6.45, 7) is 2.40. The number of amides is 1. The second kappa shape index (κ2) is 8.48. The van der Waals surface area contributed by atoms with E-state index < -0.39 is 17.9 Å². The first-order chi connectivity index (χ1) is 13.9. The van der Waals surface area contributed by atoms with Crippen LogP contribution in [0.5, 0.6) is 11.5 Å². The minimum Gasteiger partial charge on any atom is -0.465 e. The molecule has 0 saturated carbocycles. The second-order valence-corrected chi connectivity index (χ2v) is 6.15. The van der Waals surface area contributed by atoms with Crippen molar-refractivity contribution in [3.05, 3.63) is 46.9 Å². The highest BCUT2D eigenvalue weighted by Crippen LogP contribution is 2.32. The molecule has 2 heterocycles. The van der Waals surface area contributed by atoms with Gasteiger partial charge in [-0.25, -0.2) is 19.0 Å². The molecule has 2 aromatic rings. The van der Waals surface area contributed by atoms with Crippen LogP contribution in [0, 0.1) is 17.7 Å². The van der Waals surface area contributed by atoms with Crippen LogP contribution in [0.3, 0.4) is 0 Å². The Bertz CT molecular complexity index is 1030. The number of esters is 1. The van der Waals surface area contributed by atoms with E-state index >= 15 is 0 Å². The lowest BCUT2D eigenvalue weighted by molar-refractivity contribution is -0.136. The van der Waals surface area contributed by atoms with Crippen molar-refractivity contribution < 1.29 is 28.6 Å². The molecule has 0 unspecified atom stereocenters. The van der Waals surface area contributed by atoms with Crippen LogP contribution in [0.1, 0.15) is 23.6 Å². The van der Waals surface area contributed by atoms with E-state index in [0.717, 1.165) is 17.3 Å². The molecule has 0 atom stereocenters. The summed E-state index contributed by atoms with van der Waals surface area (Å²) in [5.74, 6) is 2.96. The highest BCUT2D eigenvalue weighted by molar-refractivity contribution is 5.89. The predicted octanol–water partition coefficient (Wildman–Crippen LogP) is 2.55. The van der Waals surface area contributed by atoms with Crippen molar-refractivity contribution in [1.82, 2.24) is 9.88 Å². The van der Waals surface area contributed by atoms with Crippen LogP contribution in [0.25, 0.3) is 0 Å². The number of benzene rings is 1. The molecule has 0 aliphatic carbocycles. The Morgan fingerprint density at radius 1 is 1.38 bits per heavy atom. The number of ether oxygens (including phenoxy) is 2. The van der Waals surface area contributed by atoms with Gasteiger partial charge in [0, 0.05) is 19.0 Å². The van der Waals surface area contributed by atoms with E-state index in [2.05, 4.69) is 16.8 Å². The smallest absolute Gasteiger partial charge is 0.407 e. The third-order valence-electron chi connectivity index (χ3n) is 4.26. The van der Waals surface area contributed by atoms with Crippen molar-refractivity contribution in [2.45, 2.75) is 19.9 Å². The Kier molecular flexibility index (Phi) is 5.83. The van der Waals surface area contributed by atoms with Gasteiger partial charge < -0.3 is 25.2 Å². The Morgan fingerprint density at radius 3 is 2.90 bits per heavy atom. The number of halogens is 1. The first kappa shape index (κ1) is 19.9. The van der Waals surface area contributed by atoms with E-state index in [4.69, 9.17) is 15.2 Å². The van der Waals surface area contributed by atoms with Crippen molar-refractivity contribution >= 4 is 17.9 Å². The van der Waals surface area contributed by atoms with Crippen LogP contribution in [-0.4, -0.2) is 40.2 Å². The molecule has 1 amide bonds. The average Bonchev–Trinajstić information content (AvgIpc) is 2.70. The topological polar surface area (TPSA) is 115 Å². The highest BCUT2D eigenvalue weighted by Gasteiger charge is 2.21. The van der Waals surface area contributed by atoms with Gasteiger partial charge in [0.15, 0.2) is 11.6 Å². The zero-order chi connectivity index (χ0) is 21.0. The summed E-state index contributed by atoms with van der Waals surface area (Å²) in [7, 11) is 0. The number of anilines is 1. The van der Waals surface area contributed by atoms with Gasteiger partial charge in [-0.15, -0.1) is 0 Å². The summed E-state index contributed by atoms with van der Waals surface area (Å²) in [6, 6.07) is 5.09. The van der Waals surface area contributed by atoms with E-state index in [9.17, 15) is 19.1 Å². The third-order valence-corrected chi connectivity index (χ3v) is 4.26. The van der Waals surface area contributed by atoms with Gasteiger partial charge in [0.1, 0.15) is 17.1 Å². The first-order valence-electron chi connectivity index (χ1n) is 8.79. The summed E-state index contributed by atoms with van der Waals surface area (Å²) < 4.78 is 24.8. The summed E-state index contributed by atoms with van der Waals surface area (Å²) in [4.78, 5) is 27.7. The zero-order valence-electron chi connectivity index (χ0n) is 15.6. The van der Waals surface area contributed by atoms with Gasteiger partial charge in [-0.3, -0.25) is 0 Å². The third kappa shape index (κ3) is 4.55. The van der Waals surface area contributed by atoms with Gasteiger partial charge in [0.05, 0.1) is 12.8 Å². The maximum atomic E-state index is 14.4. The van der Waals surface area contributed by atoms with Gasteiger partial charge in [0.2, 0.25) is 0 Å². The number of hydrogen-bond donors (Lipinski definition) is 2. The normalized spacial score (nSPS) is 12.4. The summed E-state index contributed by atoms with van der Waals surface area (Å²) >= 11 is 0. The van der Waals surface area contributed by atoms with Gasteiger partial charge in [-0.2, -0.15) is 0 Å². The molecule has 29 heavy (non-hydrogen) atoms. The number of aromatic nitrogens is 1. The van der Waals surface area contributed by atoms with Crippen LogP contribution < -0.4 is 10.5 Å². The molecule has 0 bridgehead atoms. The van der Waals surface area contributed by atoms with E-state index in [0.29, 0.717) is 13.0 Å². The summed E-state index contributed by atoms with van der Waals surface area (Å²) in [5.41, 5.74) is 7.46. The van der Waals surface area contributed by atoms with Crippen LogP contribution in [0.15, 0.2) is 24.4 Å². The van der Waals surface area contributed by atoms with Crippen molar-refractivity contribution in [2.75, 3.05) is 18.9 Å². The van der Waals surface area contributed by atoms with Crippen molar-refractivity contribution in [1.29, 1.82) is 0 Å². The van der Waals surface area contributed by atoms with E-state index in [1.165, 1.54) is 4.90 Å². The second-order valence-electron chi connectivity index (χ2n) is 6.15. The SMILES string of the molecule is CCOC(=O)C#Cc1c(N)ncc(F)c1Oc1ccc2c(c1)CN(C(=O)O)CC2. The fraction of sp³-hybridized carbons (Fsp3) is 0.250. The lowest BCUT2D eigenvalue weighted by atomic mass is 10.00. The van der Waals surface area contributed by atoms with E-state index in [-0.39, 0.29) is 36.0 Å². The molecule has 1 aromatic heterocycles. The van der Waals surface area contributed by atoms with E-state index in [1.807, 2.05) is 0 Å². The van der Waals surface area contributed by atoms with Gasteiger partial charge in [-0.1, -0.05) is 6.07 Å². The van der Waals surface area contributed by atoms with Crippen LogP contribution in [0.2, 0.25) is 0 Å². The number of rotatable bonds is 3. The van der Waals surface area contributed by atoms with Crippen molar-refractivity contribution in [2.24, 2.45) is 0 Å². The molecule has 1 aromatic carbocycles. The Balaban J connectivity index is 1.93. The largest absolute Gasteiger partial charge is 0.465 e. The molecule has 8 nitrogen and oxygen atoms in total. The maximum Gasteiger partial charge on any atom is 0.407 e. The van der Waals surface area contributed by atoms with Gasteiger partial charge in [-0.05, 0) is 42.5 Å². The zero-order valence-corrected chi connectivity index (χ0v) is 15.6. The number of carbonyl (C=O) groups excluding carboxylic acids is 1. The summed E-state index contributed by atoms with van der Waals surface area (Å²) in [5, 5.41) is 9.18. The number of pyridine rings is 1. The fourth-order valence-corrected chi connectivity index (χ4v) is 2.86. The quantitative estimate of drug-likeness (QED) is 0.602. The monoisotopic (exact) mass is 399 g/mol. The van der Waals surface area contributed by atoms with Crippen LogP contribution >= 0.6 is 0 Å². The molecule has 0 radical (unpaired) electrons. The number of carbonyl (C=O) groups is 2. The maximum absolute atomic E-state index is 14.4. The molecule has 0 spiro atoms. The molecule has 1 aliphatic rings. The van der Waals surface area contributed by atoms with Crippen molar-refractivity contribution in [3.63, 3.8) is 0 Å². The highest BCUT2D eigenvalue weighted by atomic mass is 19.1. The van der Waals surface area contributed by atoms with Crippen LogP contribution in [-0.2, 0) is 22.5 Å². The minimum absolute atomic E-state index is 0.0806. The number of nitrogen functional groups attached to an aromatic ring is 1. The Labute approximate surface area is 166 Å². The Hall–Kier alpha value is -3.80. The lowest BCUT2D eigenvalue weighted by Gasteiger charge is -2.26. The van der Waals surface area contributed by atoms with Crippen LogP contribution in [0.4, 0.5) is 15.0 Å². The molecule has 0 saturated heterocycles. The number of fused-ring (bicyclic) bond motifs is 1. The number of carboxylic acid groups (broad SMARTS) is 1. The molecule has 9 heteroatoms. The molecule has 0 fully saturated rings. The van der Waals surface area contributed by atoms with E-state index in [1.54, 1.807) is 25.1 Å². The minimum atomic E-state index is -1.01. The van der Waals surface area contributed by atoms with Gasteiger partial charge in [0.25, 0.3) is 0 Å². The summed E-state index contributed by atoms with van der Waals surface area (Å²) in [6.07, 6.45) is 0.464. The average molecular weight is 399 g/mol. The molecule has 1 aliphatic heterocycles. The molecule has 150 valence electrons. The van der Waals surface area contributed by atoms with Gasteiger partial charge >= 0.3 is 12.1 Å². The Morgan fingerprint density at radius 2 is 2.17 bits per heavy atom. The lowest BCUT2D eigenvalue weighted by Crippen LogP contribution is -2.34. The first-order valence-corrected chi connectivity index (χ1v) is 8.79. The van der Waals surface area contributed by atoms with Crippen molar-refractivity contribution in [3.8, 4) is 23.3 Å². The predicted molar refractivity (Wildman–Crippen MR) is 101 cm³/mol. The molecule has 3 rings (SSSR count). The number of hydrogen-bond acceptors (Lipinski definition) is 6. The molecule has 3 N–H and O–H groups in total. The number of nitrogens with two attached hydrogens (primary N) is 1. The standard InChI is InChI=1S/C20H18FN3O5/c1-2-28-17(25)6-5-15-18(16(21)10-23-19(15)22)29-14-4-3-12-7-8-24(20(26)27)11-13(12)9-14/h3-4,9-10H,2,7-8,11H2,1H3,(H2,22,23)(H,26,27).